The first-order chi connectivity index (χ1) is 7.65. The lowest BCUT2D eigenvalue weighted by atomic mass is 10.1. The molecule has 0 N–H and O–H groups in total. The first kappa shape index (κ1) is 13.1. The van der Waals surface area contributed by atoms with Crippen molar-refractivity contribution in [3.05, 3.63) is 54.2 Å². The monoisotopic (exact) mass is 470 g/mol. The van der Waals surface area contributed by atoms with Crippen LogP contribution in [0.15, 0.2) is 40.2 Å². The second-order valence-corrected chi connectivity index (χ2v) is 8.31. The second kappa shape index (κ2) is 5.98. The number of thiophene rings is 1. The molecule has 4 heteroatoms. The Hall–Kier alpha value is 0.610. The van der Waals surface area contributed by atoms with Crippen molar-refractivity contribution in [1.29, 1.82) is 0 Å². The fourth-order valence-electron chi connectivity index (χ4n) is 1.43. The van der Waals surface area contributed by atoms with Gasteiger partial charge in [0.15, 0.2) is 0 Å². The zero-order valence-corrected chi connectivity index (χ0v) is 14.4. The van der Waals surface area contributed by atoms with E-state index in [1.807, 2.05) is 0 Å². The fourth-order valence-corrected chi connectivity index (χ4v) is 3.94. The Morgan fingerprint density at radius 3 is 2.50 bits per heavy atom. The molecule has 2 aromatic rings. The van der Waals surface area contributed by atoms with Crippen molar-refractivity contribution in [3.8, 4) is 0 Å². The van der Waals surface area contributed by atoms with Crippen LogP contribution in [0.1, 0.15) is 16.0 Å². The molecule has 0 aliphatic heterocycles. The zero-order valence-electron chi connectivity index (χ0n) is 8.29. The SMILES string of the molecule is Brc1ccc(CC(Br)c2csc(I)c2)cc1. The van der Waals surface area contributed by atoms with Crippen LogP contribution in [-0.4, -0.2) is 0 Å². The topological polar surface area (TPSA) is 0 Å². The number of alkyl halides is 1. The lowest BCUT2D eigenvalue weighted by Crippen LogP contribution is -1.93. The van der Waals surface area contributed by atoms with Crippen LogP contribution in [0.4, 0.5) is 0 Å². The molecule has 0 nitrogen and oxygen atoms in total. The van der Waals surface area contributed by atoms with E-state index in [4.69, 9.17) is 0 Å². The molecule has 84 valence electrons. The Morgan fingerprint density at radius 2 is 1.94 bits per heavy atom. The number of halogens is 3. The van der Waals surface area contributed by atoms with Crippen LogP contribution < -0.4 is 0 Å². The van der Waals surface area contributed by atoms with Gasteiger partial charge in [-0.25, -0.2) is 0 Å². The molecule has 1 aromatic carbocycles. The van der Waals surface area contributed by atoms with Crippen LogP contribution in [0.25, 0.3) is 0 Å². The van der Waals surface area contributed by atoms with Gasteiger partial charge in [0.25, 0.3) is 0 Å². The summed E-state index contributed by atoms with van der Waals surface area (Å²) in [5.41, 5.74) is 2.73. The lowest BCUT2D eigenvalue weighted by Gasteiger charge is -2.07. The third-order valence-electron chi connectivity index (χ3n) is 2.28. The molecule has 0 spiro atoms. The molecule has 0 amide bonds. The van der Waals surface area contributed by atoms with E-state index in [0.717, 1.165) is 10.9 Å². The minimum Gasteiger partial charge on any atom is -0.137 e. The van der Waals surface area contributed by atoms with Crippen molar-refractivity contribution in [3.63, 3.8) is 0 Å². The molecule has 1 aromatic heterocycles. The Balaban J connectivity index is 2.07. The van der Waals surface area contributed by atoms with Crippen molar-refractivity contribution in [1.82, 2.24) is 0 Å². The van der Waals surface area contributed by atoms with Gasteiger partial charge in [0.1, 0.15) is 0 Å². The molecule has 0 saturated carbocycles. The Kier molecular flexibility index (Phi) is 4.88. The highest BCUT2D eigenvalue weighted by Crippen LogP contribution is 2.31. The van der Waals surface area contributed by atoms with E-state index in [0.29, 0.717) is 4.83 Å². The summed E-state index contributed by atoms with van der Waals surface area (Å²) in [7, 11) is 0. The Morgan fingerprint density at radius 1 is 1.25 bits per heavy atom. The summed E-state index contributed by atoms with van der Waals surface area (Å²) in [5, 5.41) is 2.22. The molecule has 0 saturated heterocycles. The summed E-state index contributed by atoms with van der Waals surface area (Å²) in [6, 6.07) is 10.7. The third-order valence-corrected chi connectivity index (χ3v) is 5.47. The van der Waals surface area contributed by atoms with Crippen LogP contribution in [-0.2, 0) is 6.42 Å². The first-order valence-electron chi connectivity index (χ1n) is 4.77. The van der Waals surface area contributed by atoms with Gasteiger partial charge in [-0.15, -0.1) is 11.3 Å². The molecule has 1 unspecified atom stereocenters. The van der Waals surface area contributed by atoms with Crippen molar-refractivity contribution in [2.45, 2.75) is 11.2 Å². The van der Waals surface area contributed by atoms with Gasteiger partial charge in [-0.2, -0.15) is 0 Å². The normalized spacial score (nSPS) is 12.7. The predicted molar refractivity (Wildman–Crippen MR) is 86.6 cm³/mol. The summed E-state index contributed by atoms with van der Waals surface area (Å²) in [4.78, 5) is 0.411. The van der Waals surface area contributed by atoms with Gasteiger partial charge in [-0.05, 0) is 63.7 Å². The first-order valence-corrected chi connectivity index (χ1v) is 8.44. The largest absolute Gasteiger partial charge is 0.137 e. The van der Waals surface area contributed by atoms with Crippen molar-refractivity contribution in [2.75, 3.05) is 0 Å². The van der Waals surface area contributed by atoms with E-state index in [1.165, 1.54) is 14.0 Å². The number of benzene rings is 1. The van der Waals surface area contributed by atoms with Crippen LogP contribution in [0, 0.1) is 2.88 Å². The maximum atomic E-state index is 3.75. The van der Waals surface area contributed by atoms with Crippen molar-refractivity contribution >= 4 is 65.8 Å². The van der Waals surface area contributed by atoms with Crippen LogP contribution >= 0.6 is 65.8 Å². The minimum absolute atomic E-state index is 0.411. The van der Waals surface area contributed by atoms with Gasteiger partial charge in [-0.1, -0.05) is 44.0 Å². The van der Waals surface area contributed by atoms with E-state index < -0.39 is 0 Å². The highest BCUT2D eigenvalue weighted by Gasteiger charge is 2.10. The quantitative estimate of drug-likeness (QED) is 0.392. The third kappa shape index (κ3) is 3.55. The second-order valence-electron chi connectivity index (χ2n) is 3.48. The van der Waals surface area contributed by atoms with Gasteiger partial charge in [0.2, 0.25) is 0 Å². The molecule has 1 atom stereocenters. The minimum atomic E-state index is 0.411. The smallest absolute Gasteiger partial charge is 0.0656 e. The van der Waals surface area contributed by atoms with E-state index in [9.17, 15) is 0 Å². The van der Waals surface area contributed by atoms with Gasteiger partial charge in [-0.3, -0.25) is 0 Å². The fraction of sp³-hybridized carbons (Fsp3) is 0.167. The van der Waals surface area contributed by atoms with Gasteiger partial charge in [0.05, 0.1) is 2.88 Å². The van der Waals surface area contributed by atoms with Crippen LogP contribution in [0.5, 0.6) is 0 Å². The lowest BCUT2D eigenvalue weighted by molar-refractivity contribution is 0.953. The molecule has 0 fully saturated rings. The molecule has 16 heavy (non-hydrogen) atoms. The van der Waals surface area contributed by atoms with Gasteiger partial charge >= 0.3 is 0 Å². The van der Waals surface area contributed by atoms with E-state index in [1.54, 1.807) is 11.3 Å². The number of rotatable bonds is 3. The standard InChI is InChI=1S/C12H9Br2IS/c13-10-3-1-8(2-4-10)5-11(14)9-6-12(15)16-7-9/h1-4,6-7,11H,5H2. The van der Waals surface area contributed by atoms with E-state index >= 15 is 0 Å². The zero-order chi connectivity index (χ0) is 11.5. The molecule has 0 aliphatic carbocycles. The van der Waals surface area contributed by atoms with Crippen LogP contribution in [0.2, 0.25) is 0 Å². The summed E-state index contributed by atoms with van der Waals surface area (Å²) in [6.45, 7) is 0. The van der Waals surface area contributed by atoms with Crippen LogP contribution in [0.3, 0.4) is 0 Å². The van der Waals surface area contributed by atoms with Gasteiger partial charge in [0, 0.05) is 9.30 Å². The number of hydrogen-bond acceptors (Lipinski definition) is 1. The summed E-state index contributed by atoms with van der Waals surface area (Å²) in [6.07, 6.45) is 1.03. The van der Waals surface area contributed by atoms with E-state index in [2.05, 4.69) is 90.2 Å². The van der Waals surface area contributed by atoms with Crippen molar-refractivity contribution < 1.29 is 0 Å². The average Bonchev–Trinajstić information content (AvgIpc) is 2.68. The molecule has 1 heterocycles. The number of hydrogen-bond donors (Lipinski definition) is 0. The maximum Gasteiger partial charge on any atom is 0.0656 e. The Bertz CT molecular complexity index is 464. The average molecular weight is 472 g/mol. The molecule has 0 bridgehead atoms. The summed E-state index contributed by atoms with van der Waals surface area (Å²) in [5.74, 6) is 0. The summed E-state index contributed by atoms with van der Waals surface area (Å²) >= 11 is 11.4. The van der Waals surface area contributed by atoms with Crippen molar-refractivity contribution in [2.24, 2.45) is 0 Å². The molecular weight excluding hydrogens is 463 g/mol. The van der Waals surface area contributed by atoms with Gasteiger partial charge < -0.3 is 0 Å². The Labute approximate surface area is 130 Å². The highest BCUT2D eigenvalue weighted by molar-refractivity contribution is 14.1. The maximum absolute atomic E-state index is 3.75. The predicted octanol–water partition coefficient (Wildman–Crippen LogP) is 5.79. The highest BCUT2D eigenvalue weighted by atomic mass is 127. The molecule has 2 rings (SSSR count). The molecule has 0 aliphatic rings. The summed E-state index contributed by atoms with van der Waals surface area (Å²) < 4.78 is 2.47. The molecule has 0 radical (unpaired) electrons. The molecular formula is C12H9Br2IS. The van der Waals surface area contributed by atoms with E-state index in [-0.39, 0.29) is 0 Å².